The zero-order chi connectivity index (χ0) is 11.3. The Bertz CT molecular complexity index is 273. The predicted molar refractivity (Wildman–Crippen MR) is 61.0 cm³/mol. The molecule has 0 atom stereocenters. The molecule has 1 rings (SSSR count). The van der Waals surface area contributed by atoms with Gasteiger partial charge >= 0.3 is 0 Å². The minimum absolute atomic E-state index is 0.661. The molecule has 0 aliphatic heterocycles. The van der Waals surface area contributed by atoms with Crippen LogP contribution in [-0.2, 0) is 13.1 Å². The Balaban J connectivity index is 2.60. The molecule has 4 nitrogen and oxygen atoms in total. The Labute approximate surface area is 91.6 Å². The van der Waals surface area contributed by atoms with E-state index < -0.39 is 0 Å². The second-order valence-corrected chi connectivity index (χ2v) is 4.00. The molecule has 1 heterocycles. The molecule has 0 aliphatic rings. The Morgan fingerprint density at radius 2 is 2.27 bits per heavy atom. The minimum Gasteiger partial charge on any atom is -0.493 e. The fourth-order valence-corrected chi connectivity index (χ4v) is 1.49. The van der Waals surface area contributed by atoms with Crippen molar-refractivity contribution in [3.63, 3.8) is 0 Å². The first-order valence-corrected chi connectivity index (χ1v) is 5.48. The van der Waals surface area contributed by atoms with Crippen LogP contribution in [0, 0.1) is 5.92 Å². The van der Waals surface area contributed by atoms with Crippen molar-refractivity contribution in [2.45, 2.75) is 33.9 Å². The summed E-state index contributed by atoms with van der Waals surface area (Å²) < 4.78 is 7.23. The highest BCUT2D eigenvalue weighted by atomic mass is 16.5. The summed E-state index contributed by atoms with van der Waals surface area (Å²) in [6.45, 7) is 9.18. The second-order valence-electron chi connectivity index (χ2n) is 4.00. The van der Waals surface area contributed by atoms with E-state index in [4.69, 9.17) is 4.74 Å². The largest absolute Gasteiger partial charge is 0.493 e. The first-order valence-electron chi connectivity index (χ1n) is 5.48. The van der Waals surface area contributed by atoms with Crippen LogP contribution in [0.1, 0.15) is 26.5 Å². The number of hydrogen-bond acceptors (Lipinski definition) is 3. The maximum Gasteiger partial charge on any atom is 0.161 e. The quantitative estimate of drug-likeness (QED) is 0.777. The minimum atomic E-state index is 0.661. The number of aromatic nitrogens is 2. The van der Waals surface area contributed by atoms with E-state index in [1.807, 2.05) is 4.68 Å². The van der Waals surface area contributed by atoms with Gasteiger partial charge in [-0.3, -0.25) is 4.68 Å². The van der Waals surface area contributed by atoms with Gasteiger partial charge in [-0.1, -0.05) is 13.8 Å². The highest BCUT2D eigenvalue weighted by Gasteiger charge is 2.09. The molecule has 0 unspecified atom stereocenters. The third kappa shape index (κ3) is 3.23. The predicted octanol–water partition coefficient (Wildman–Crippen LogP) is 1.66. The van der Waals surface area contributed by atoms with E-state index in [0.717, 1.165) is 31.1 Å². The standard InChI is InChI=1S/C11H21N3O/c1-5-14-10(7-12-6-9(2)3)11(15-4)8-13-14/h8-9,12H,5-7H2,1-4H3. The molecule has 15 heavy (non-hydrogen) atoms. The molecule has 0 amide bonds. The van der Waals surface area contributed by atoms with Crippen molar-refractivity contribution in [3.05, 3.63) is 11.9 Å². The van der Waals surface area contributed by atoms with Crippen molar-refractivity contribution < 1.29 is 4.74 Å². The van der Waals surface area contributed by atoms with E-state index in [-0.39, 0.29) is 0 Å². The highest BCUT2D eigenvalue weighted by Crippen LogP contribution is 2.16. The topological polar surface area (TPSA) is 39.1 Å². The lowest BCUT2D eigenvalue weighted by Gasteiger charge is -2.10. The number of aryl methyl sites for hydroxylation is 1. The molecule has 0 fully saturated rings. The Morgan fingerprint density at radius 1 is 1.53 bits per heavy atom. The monoisotopic (exact) mass is 211 g/mol. The van der Waals surface area contributed by atoms with Gasteiger partial charge in [-0.15, -0.1) is 0 Å². The van der Waals surface area contributed by atoms with Crippen LogP contribution < -0.4 is 10.1 Å². The van der Waals surface area contributed by atoms with E-state index in [1.165, 1.54) is 0 Å². The van der Waals surface area contributed by atoms with Crippen molar-refractivity contribution in [1.29, 1.82) is 0 Å². The molecule has 0 spiro atoms. The van der Waals surface area contributed by atoms with E-state index in [1.54, 1.807) is 13.3 Å². The van der Waals surface area contributed by atoms with Gasteiger partial charge in [0.25, 0.3) is 0 Å². The molecule has 0 bridgehead atoms. The van der Waals surface area contributed by atoms with E-state index in [9.17, 15) is 0 Å². The molecule has 1 aromatic rings. The van der Waals surface area contributed by atoms with Gasteiger partial charge in [-0.25, -0.2) is 0 Å². The number of rotatable bonds is 6. The van der Waals surface area contributed by atoms with E-state index >= 15 is 0 Å². The first-order chi connectivity index (χ1) is 7.19. The smallest absolute Gasteiger partial charge is 0.161 e. The van der Waals surface area contributed by atoms with Crippen LogP contribution in [0.15, 0.2) is 6.20 Å². The number of nitrogens with zero attached hydrogens (tertiary/aromatic N) is 2. The zero-order valence-electron chi connectivity index (χ0n) is 10.1. The summed E-state index contributed by atoms with van der Waals surface area (Å²) >= 11 is 0. The third-order valence-electron chi connectivity index (χ3n) is 2.27. The van der Waals surface area contributed by atoms with Crippen LogP contribution in [-0.4, -0.2) is 23.4 Å². The first kappa shape index (κ1) is 12.0. The molecule has 0 radical (unpaired) electrons. The normalized spacial score (nSPS) is 11.0. The SMILES string of the molecule is CCn1ncc(OC)c1CNCC(C)C. The summed E-state index contributed by atoms with van der Waals surface area (Å²) in [7, 11) is 1.68. The van der Waals surface area contributed by atoms with Crippen LogP contribution in [0.25, 0.3) is 0 Å². The Hall–Kier alpha value is -1.03. The molecular formula is C11H21N3O. The van der Waals surface area contributed by atoms with Gasteiger partial charge in [0.05, 0.1) is 19.0 Å². The van der Waals surface area contributed by atoms with Crippen molar-refractivity contribution >= 4 is 0 Å². The zero-order valence-corrected chi connectivity index (χ0v) is 10.1. The average Bonchev–Trinajstić information content (AvgIpc) is 2.59. The lowest BCUT2D eigenvalue weighted by molar-refractivity contribution is 0.403. The summed E-state index contributed by atoms with van der Waals surface area (Å²) in [6, 6.07) is 0. The third-order valence-corrected chi connectivity index (χ3v) is 2.27. The summed E-state index contributed by atoms with van der Waals surface area (Å²) in [4.78, 5) is 0. The fraction of sp³-hybridized carbons (Fsp3) is 0.727. The maximum absolute atomic E-state index is 5.26. The Kier molecular flexibility index (Phi) is 4.62. The molecule has 0 aliphatic carbocycles. The van der Waals surface area contributed by atoms with Crippen LogP contribution >= 0.6 is 0 Å². The van der Waals surface area contributed by atoms with Crippen LogP contribution in [0.4, 0.5) is 0 Å². The van der Waals surface area contributed by atoms with Crippen molar-refractivity contribution in [1.82, 2.24) is 15.1 Å². The molecule has 1 N–H and O–H groups in total. The van der Waals surface area contributed by atoms with E-state index in [0.29, 0.717) is 5.92 Å². The van der Waals surface area contributed by atoms with Gasteiger partial charge in [0, 0.05) is 13.1 Å². The van der Waals surface area contributed by atoms with Crippen molar-refractivity contribution in [2.75, 3.05) is 13.7 Å². The van der Waals surface area contributed by atoms with Gasteiger partial charge in [0.15, 0.2) is 5.75 Å². The van der Waals surface area contributed by atoms with E-state index in [2.05, 4.69) is 31.2 Å². The number of hydrogen-bond donors (Lipinski definition) is 1. The molecule has 0 aromatic carbocycles. The number of ether oxygens (including phenoxy) is 1. The average molecular weight is 211 g/mol. The van der Waals surface area contributed by atoms with Crippen LogP contribution in [0.2, 0.25) is 0 Å². The maximum atomic E-state index is 5.26. The lowest BCUT2D eigenvalue weighted by atomic mass is 10.2. The second kappa shape index (κ2) is 5.75. The van der Waals surface area contributed by atoms with Gasteiger partial charge in [0.2, 0.25) is 0 Å². The molecule has 0 saturated carbocycles. The molecule has 4 heteroatoms. The van der Waals surface area contributed by atoms with Crippen LogP contribution in [0.3, 0.4) is 0 Å². The highest BCUT2D eigenvalue weighted by molar-refractivity contribution is 5.24. The van der Waals surface area contributed by atoms with Gasteiger partial charge in [0.1, 0.15) is 0 Å². The Morgan fingerprint density at radius 3 is 2.80 bits per heavy atom. The van der Waals surface area contributed by atoms with Gasteiger partial charge < -0.3 is 10.1 Å². The fourth-order valence-electron chi connectivity index (χ4n) is 1.49. The molecular weight excluding hydrogens is 190 g/mol. The summed E-state index contributed by atoms with van der Waals surface area (Å²) in [5.41, 5.74) is 1.13. The summed E-state index contributed by atoms with van der Waals surface area (Å²) in [5.74, 6) is 1.53. The lowest BCUT2D eigenvalue weighted by Crippen LogP contribution is -2.21. The molecule has 1 aromatic heterocycles. The van der Waals surface area contributed by atoms with Gasteiger partial charge in [-0.05, 0) is 19.4 Å². The van der Waals surface area contributed by atoms with Crippen LogP contribution in [0.5, 0.6) is 5.75 Å². The number of methoxy groups -OCH3 is 1. The summed E-state index contributed by atoms with van der Waals surface area (Å²) in [5, 5.41) is 7.65. The molecule has 86 valence electrons. The number of nitrogens with one attached hydrogen (secondary N) is 1. The van der Waals surface area contributed by atoms with Gasteiger partial charge in [-0.2, -0.15) is 5.10 Å². The molecule has 0 saturated heterocycles. The van der Waals surface area contributed by atoms with Crippen molar-refractivity contribution in [2.24, 2.45) is 5.92 Å². The van der Waals surface area contributed by atoms with Crippen molar-refractivity contribution in [3.8, 4) is 5.75 Å². The summed E-state index contributed by atoms with van der Waals surface area (Å²) in [6.07, 6.45) is 1.77.